The number of benzene rings is 1. The number of amides is 2. The molecule has 10 heteroatoms. The number of hydrogen-bond donors (Lipinski definition) is 1. The fourth-order valence-corrected chi connectivity index (χ4v) is 5.05. The van der Waals surface area contributed by atoms with Gasteiger partial charge in [-0.15, -0.1) is 0 Å². The van der Waals surface area contributed by atoms with E-state index >= 15 is 0 Å². The molecule has 2 aromatic rings. The first kappa shape index (κ1) is 23.5. The lowest BCUT2D eigenvalue weighted by Gasteiger charge is -2.40. The first-order valence-corrected chi connectivity index (χ1v) is 10.9. The summed E-state index contributed by atoms with van der Waals surface area (Å²) in [5.41, 5.74) is 5.31. The molecule has 2 N–H and O–H groups in total. The molecular formula is C24H24F3N5O2. The van der Waals surface area contributed by atoms with Crippen molar-refractivity contribution in [2.24, 2.45) is 11.1 Å². The molecule has 0 bridgehead atoms. The quantitative estimate of drug-likeness (QED) is 0.740. The third-order valence-corrected chi connectivity index (χ3v) is 6.95. The summed E-state index contributed by atoms with van der Waals surface area (Å²) in [5.74, 6) is -0.869. The Labute approximate surface area is 195 Å². The number of carbonyl (C=O) groups excluding carboxylic acids is 2. The average Bonchev–Trinajstić information content (AvgIpc) is 3.18. The van der Waals surface area contributed by atoms with E-state index in [1.807, 2.05) is 4.90 Å². The van der Waals surface area contributed by atoms with Gasteiger partial charge in [0.2, 0.25) is 5.91 Å². The largest absolute Gasteiger partial charge is 0.417 e. The van der Waals surface area contributed by atoms with E-state index in [0.29, 0.717) is 55.8 Å². The zero-order valence-corrected chi connectivity index (χ0v) is 18.6. The molecule has 1 aromatic heterocycles. The summed E-state index contributed by atoms with van der Waals surface area (Å²) in [4.78, 5) is 32.9. The minimum Gasteiger partial charge on any atom is -0.371 e. The maximum atomic E-state index is 13.4. The smallest absolute Gasteiger partial charge is 0.371 e. The van der Waals surface area contributed by atoms with Gasteiger partial charge in [0, 0.05) is 37.2 Å². The lowest BCUT2D eigenvalue weighted by molar-refractivity contribution is -0.137. The van der Waals surface area contributed by atoms with Crippen LogP contribution < -0.4 is 10.6 Å². The van der Waals surface area contributed by atoms with Crippen LogP contribution in [0.3, 0.4) is 0 Å². The number of rotatable bonds is 3. The summed E-state index contributed by atoms with van der Waals surface area (Å²) in [6, 6.07) is 7.91. The average molecular weight is 471 g/mol. The molecule has 0 saturated carbocycles. The van der Waals surface area contributed by atoms with E-state index < -0.39 is 29.3 Å². The van der Waals surface area contributed by atoms with Crippen LogP contribution >= 0.6 is 0 Å². The molecule has 0 aliphatic carbocycles. The molecule has 34 heavy (non-hydrogen) atoms. The van der Waals surface area contributed by atoms with Gasteiger partial charge in [0.25, 0.3) is 5.91 Å². The monoisotopic (exact) mass is 471 g/mol. The second-order valence-corrected chi connectivity index (χ2v) is 9.02. The SMILES string of the molecule is Cc1ncccc1C(=O)N1CC2(CCN(c3ccc(C#N)c(C(F)(F)F)c3)CC2)CC1C(N)=O. The van der Waals surface area contributed by atoms with Gasteiger partial charge in [0.05, 0.1) is 22.8 Å². The highest BCUT2D eigenvalue weighted by Crippen LogP contribution is 2.45. The molecule has 1 aromatic carbocycles. The highest BCUT2D eigenvalue weighted by atomic mass is 19.4. The van der Waals surface area contributed by atoms with Gasteiger partial charge in [-0.1, -0.05) is 0 Å². The van der Waals surface area contributed by atoms with Crippen LogP contribution in [0.1, 0.15) is 46.4 Å². The summed E-state index contributed by atoms with van der Waals surface area (Å²) < 4.78 is 40.1. The first-order chi connectivity index (χ1) is 16.0. The molecule has 0 radical (unpaired) electrons. The molecule has 2 saturated heterocycles. The predicted molar refractivity (Wildman–Crippen MR) is 118 cm³/mol. The number of alkyl halides is 3. The maximum absolute atomic E-state index is 13.4. The van der Waals surface area contributed by atoms with Crippen LogP contribution in [-0.2, 0) is 11.0 Å². The van der Waals surface area contributed by atoms with Gasteiger partial charge >= 0.3 is 6.18 Å². The van der Waals surface area contributed by atoms with Crippen LogP contribution in [0.15, 0.2) is 36.5 Å². The van der Waals surface area contributed by atoms with E-state index in [1.54, 1.807) is 31.3 Å². The van der Waals surface area contributed by atoms with Gasteiger partial charge < -0.3 is 15.5 Å². The molecule has 1 atom stereocenters. The van der Waals surface area contributed by atoms with E-state index in [-0.39, 0.29) is 11.3 Å². The van der Waals surface area contributed by atoms with Gasteiger partial charge in [-0.25, -0.2) is 0 Å². The summed E-state index contributed by atoms with van der Waals surface area (Å²) in [6.45, 7) is 3.00. The number of piperidine rings is 1. The number of halogens is 3. The van der Waals surface area contributed by atoms with Crippen molar-refractivity contribution in [1.29, 1.82) is 5.26 Å². The fraction of sp³-hybridized carbons (Fsp3) is 0.417. The number of pyridine rings is 1. The normalized spacial score (nSPS) is 19.8. The lowest BCUT2D eigenvalue weighted by Crippen LogP contribution is -2.44. The molecule has 3 heterocycles. The number of likely N-dealkylation sites (tertiary alicyclic amines) is 1. The van der Waals surface area contributed by atoms with Crippen LogP contribution in [-0.4, -0.2) is 47.4 Å². The Kier molecular flexibility index (Phi) is 5.98. The van der Waals surface area contributed by atoms with Crippen molar-refractivity contribution in [3.05, 3.63) is 58.9 Å². The Hall–Kier alpha value is -3.61. The number of primary amides is 1. The molecule has 2 aliphatic rings. The van der Waals surface area contributed by atoms with Crippen molar-refractivity contribution in [2.75, 3.05) is 24.5 Å². The van der Waals surface area contributed by atoms with E-state index in [9.17, 15) is 22.8 Å². The Morgan fingerprint density at radius 3 is 2.53 bits per heavy atom. The van der Waals surface area contributed by atoms with Crippen molar-refractivity contribution < 1.29 is 22.8 Å². The van der Waals surface area contributed by atoms with Crippen molar-refractivity contribution in [2.45, 2.75) is 38.4 Å². The molecule has 2 fully saturated rings. The molecule has 178 valence electrons. The van der Waals surface area contributed by atoms with Crippen LogP contribution in [0.5, 0.6) is 0 Å². The molecule has 7 nitrogen and oxygen atoms in total. The lowest BCUT2D eigenvalue weighted by atomic mass is 9.76. The summed E-state index contributed by atoms with van der Waals surface area (Å²) >= 11 is 0. The van der Waals surface area contributed by atoms with Crippen molar-refractivity contribution >= 4 is 17.5 Å². The molecular weight excluding hydrogens is 447 g/mol. The second kappa shape index (κ2) is 8.63. The number of carbonyl (C=O) groups is 2. The summed E-state index contributed by atoms with van der Waals surface area (Å²) in [5, 5.41) is 9.02. The second-order valence-electron chi connectivity index (χ2n) is 9.02. The Morgan fingerprint density at radius 2 is 1.94 bits per heavy atom. The van der Waals surface area contributed by atoms with E-state index in [4.69, 9.17) is 11.0 Å². The Morgan fingerprint density at radius 1 is 1.24 bits per heavy atom. The summed E-state index contributed by atoms with van der Waals surface area (Å²) in [7, 11) is 0. The van der Waals surface area contributed by atoms with Crippen LogP contribution in [0.2, 0.25) is 0 Å². The van der Waals surface area contributed by atoms with Crippen molar-refractivity contribution in [3.8, 4) is 6.07 Å². The Balaban J connectivity index is 1.53. The molecule has 2 aliphatic heterocycles. The molecule has 2 amide bonds. The first-order valence-electron chi connectivity index (χ1n) is 10.9. The topological polar surface area (TPSA) is 103 Å². The van der Waals surface area contributed by atoms with Gasteiger partial charge in [-0.05, 0) is 61.9 Å². The minimum absolute atomic E-state index is 0.296. The van der Waals surface area contributed by atoms with Crippen LogP contribution in [0.25, 0.3) is 0 Å². The number of aryl methyl sites for hydroxylation is 1. The Bertz CT molecular complexity index is 1170. The van der Waals surface area contributed by atoms with Gasteiger partial charge in [0.1, 0.15) is 6.04 Å². The zero-order chi connectivity index (χ0) is 24.7. The number of anilines is 1. The number of nitrogens with two attached hydrogens (primary N) is 1. The number of nitrogens with zero attached hydrogens (tertiary/aromatic N) is 4. The standard InChI is InChI=1S/C24H24F3N5O2/c1-15-18(3-2-8-30-15)22(34)32-14-23(12-20(32)21(29)33)6-9-31(10-7-23)17-5-4-16(13-28)19(11-17)24(25,26)27/h2-5,8,11,20H,6-7,9-10,12,14H2,1H3,(H2,29,33). The summed E-state index contributed by atoms with van der Waals surface area (Å²) in [6.07, 6.45) is -1.43. The van der Waals surface area contributed by atoms with E-state index in [1.165, 1.54) is 17.0 Å². The van der Waals surface area contributed by atoms with Crippen molar-refractivity contribution in [3.63, 3.8) is 0 Å². The number of aromatic nitrogens is 1. The van der Waals surface area contributed by atoms with Crippen LogP contribution in [0.4, 0.5) is 18.9 Å². The van der Waals surface area contributed by atoms with Gasteiger partial charge in [0.15, 0.2) is 0 Å². The van der Waals surface area contributed by atoms with Crippen LogP contribution in [0, 0.1) is 23.7 Å². The van der Waals surface area contributed by atoms with Gasteiger partial charge in [-0.2, -0.15) is 18.4 Å². The third-order valence-electron chi connectivity index (χ3n) is 6.95. The van der Waals surface area contributed by atoms with Crippen molar-refractivity contribution in [1.82, 2.24) is 9.88 Å². The maximum Gasteiger partial charge on any atom is 0.417 e. The highest BCUT2D eigenvalue weighted by Gasteiger charge is 2.49. The number of nitriles is 1. The molecule has 4 rings (SSSR count). The van der Waals surface area contributed by atoms with E-state index in [0.717, 1.165) is 6.07 Å². The number of hydrogen-bond acceptors (Lipinski definition) is 5. The molecule has 1 unspecified atom stereocenters. The zero-order valence-electron chi connectivity index (χ0n) is 18.6. The molecule has 1 spiro atoms. The third kappa shape index (κ3) is 4.30. The fourth-order valence-electron chi connectivity index (χ4n) is 5.05. The van der Waals surface area contributed by atoms with Gasteiger partial charge in [-0.3, -0.25) is 14.6 Å². The minimum atomic E-state index is -4.62. The predicted octanol–water partition coefficient (Wildman–Crippen LogP) is 3.27. The van der Waals surface area contributed by atoms with E-state index in [2.05, 4.69) is 4.98 Å². The highest BCUT2D eigenvalue weighted by molar-refractivity contribution is 5.98.